The number of benzene rings is 1. The Labute approximate surface area is 130 Å². The molecule has 2 heterocycles. The van der Waals surface area contributed by atoms with Crippen molar-refractivity contribution in [2.24, 2.45) is 5.92 Å². The summed E-state index contributed by atoms with van der Waals surface area (Å²) in [5.41, 5.74) is 1.53. The van der Waals surface area contributed by atoms with Crippen molar-refractivity contribution in [3.8, 4) is 0 Å². The summed E-state index contributed by atoms with van der Waals surface area (Å²) in [7, 11) is 0. The van der Waals surface area contributed by atoms with Crippen molar-refractivity contribution in [2.45, 2.75) is 44.3 Å². The fourth-order valence-corrected chi connectivity index (χ4v) is 4.82. The lowest BCUT2D eigenvalue weighted by atomic mass is 9.92. The Kier molecular flexibility index (Phi) is 3.74. The molecule has 0 radical (unpaired) electrons. The molecule has 1 aromatic heterocycles. The van der Waals surface area contributed by atoms with Gasteiger partial charge in [-0.2, -0.15) is 0 Å². The van der Waals surface area contributed by atoms with Gasteiger partial charge in [-0.05, 0) is 54.0 Å². The van der Waals surface area contributed by atoms with Crippen LogP contribution in [-0.4, -0.2) is 19.0 Å². The second-order valence-electron chi connectivity index (χ2n) is 6.37. The highest BCUT2D eigenvalue weighted by molar-refractivity contribution is 7.17. The molecule has 1 unspecified atom stereocenters. The quantitative estimate of drug-likeness (QED) is 0.795. The second kappa shape index (κ2) is 5.71. The fourth-order valence-electron chi connectivity index (χ4n) is 3.85. The third-order valence-electron chi connectivity index (χ3n) is 4.99. The van der Waals surface area contributed by atoms with Crippen molar-refractivity contribution in [3.63, 3.8) is 0 Å². The summed E-state index contributed by atoms with van der Waals surface area (Å²) in [5.74, 6) is 0.543. The van der Waals surface area contributed by atoms with Crippen LogP contribution in [-0.2, 0) is 15.9 Å². The minimum absolute atomic E-state index is 0.231. The van der Waals surface area contributed by atoms with Gasteiger partial charge in [0.25, 0.3) is 0 Å². The Hall–Kier alpha value is -0.900. The van der Waals surface area contributed by atoms with Crippen molar-refractivity contribution in [1.29, 1.82) is 0 Å². The normalized spacial score (nSPS) is 25.4. The van der Waals surface area contributed by atoms with Gasteiger partial charge in [-0.1, -0.05) is 18.2 Å². The van der Waals surface area contributed by atoms with E-state index in [1.165, 1.54) is 41.3 Å². The lowest BCUT2D eigenvalue weighted by Gasteiger charge is -2.25. The molecule has 1 atom stereocenters. The van der Waals surface area contributed by atoms with E-state index in [1.54, 1.807) is 0 Å². The van der Waals surface area contributed by atoms with Crippen LogP contribution in [0.15, 0.2) is 29.6 Å². The van der Waals surface area contributed by atoms with E-state index in [1.807, 2.05) is 11.3 Å². The van der Waals surface area contributed by atoms with Crippen LogP contribution in [0.25, 0.3) is 10.1 Å². The number of hydrogen-bond donors (Lipinski definition) is 0. The molecule has 2 aliphatic rings. The average Bonchev–Trinajstić information content (AvgIpc) is 3.07. The predicted molar refractivity (Wildman–Crippen MR) is 86.7 cm³/mol. The zero-order valence-electron chi connectivity index (χ0n) is 12.3. The molecule has 1 spiro atoms. The van der Waals surface area contributed by atoms with Gasteiger partial charge in [0.05, 0.1) is 13.2 Å². The summed E-state index contributed by atoms with van der Waals surface area (Å²) in [6.45, 7) is 1.56. The number of fused-ring (bicyclic) bond motifs is 1. The maximum Gasteiger partial charge on any atom is 0.168 e. The third kappa shape index (κ3) is 2.75. The Bertz CT molecular complexity index is 612. The first-order chi connectivity index (χ1) is 10.3. The van der Waals surface area contributed by atoms with Crippen LogP contribution in [0.5, 0.6) is 0 Å². The maximum atomic E-state index is 5.90. The van der Waals surface area contributed by atoms with Gasteiger partial charge in [-0.15, -0.1) is 11.3 Å². The summed E-state index contributed by atoms with van der Waals surface area (Å²) in [4.78, 5) is 0. The zero-order chi connectivity index (χ0) is 14.1. The molecule has 1 aliphatic heterocycles. The van der Waals surface area contributed by atoms with Gasteiger partial charge in [0, 0.05) is 17.5 Å². The molecular formula is C18H22O2S. The van der Waals surface area contributed by atoms with E-state index in [0.29, 0.717) is 0 Å². The zero-order valence-corrected chi connectivity index (χ0v) is 13.2. The molecule has 2 aromatic rings. The summed E-state index contributed by atoms with van der Waals surface area (Å²) in [5, 5.41) is 3.81. The summed E-state index contributed by atoms with van der Waals surface area (Å²) in [6.07, 6.45) is 7.11. The first kappa shape index (κ1) is 13.7. The molecule has 4 rings (SSSR count). The molecule has 3 heteroatoms. The molecule has 0 amide bonds. The van der Waals surface area contributed by atoms with Crippen molar-refractivity contribution < 1.29 is 9.47 Å². The predicted octanol–water partition coefficient (Wildman–Crippen LogP) is 4.77. The minimum atomic E-state index is -0.231. The molecule has 21 heavy (non-hydrogen) atoms. The monoisotopic (exact) mass is 302 g/mol. The maximum absolute atomic E-state index is 5.90. The van der Waals surface area contributed by atoms with Gasteiger partial charge in [-0.3, -0.25) is 0 Å². The molecule has 0 bridgehead atoms. The SMILES string of the molecule is c1ccc2c(CC3CCCC4(CC3)OCCO4)csc2c1. The van der Waals surface area contributed by atoms with Gasteiger partial charge >= 0.3 is 0 Å². The van der Waals surface area contributed by atoms with Crippen LogP contribution in [0.1, 0.15) is 37.7 Å². The topological polar surface area (TPSA) is 18.5 Å². The van der Waals surface area contributed by atoms with E-state index in [0.717, 1.165) is 32.0 Å². The third-order valence-corrected chi connectivity index (χ3v) is 6.00. The number of ether oxygens (including phenoxy) is 2. The van der Waals surface area contributed by atoms with Crippen molar-refractivity contribution in [1.82, 2.24) is 0 Å². The first-order valence-corrected chi connectivity index (χ1v) is 8.96. The molecule has 2 fully saturated rings. The highest BCUT2D eigenvalue weighted by atomic mass is 32.1. The largest absolute Gasteiger partial charge is 0.348 e. The fraction of sp³-hybridized carbons (Fsp3) is 0.556. The lowest BCUT2D eigenvalue weighted by molar-refractivity contribution is -0.165. The standard InChI is InChI=1S/C18H22O2S/c1-2-6-17-16(5-1)15(13-21-17)12-14-4-3-8-18(9-7-14)19-10-11-20-18/h1-2,5-6,13-14H,3-4,7-12H2. The highest BCUT2D eigenvalue weighted by Crippen LogP contribution is 2.38. The smallest absolute Gasteiger partial charge is 0.168 e. The number of thiophene rings is 1. The van der Waals surface area contributed by atoms with Crippen LogP contribution >= 0.6 is 11.3 Å². The first-order valence-electron chi connectivity index (χ1n) is 8.08. The molecule has 1 aliphatic carbocycles. The average molecular weight is 302 g/mol. The van der Waals surface area contributed by atoms with Crippen molar-refractivity contribution >= 4 is 21.4 Å². The lowest BCUT2D eigenvalue weighted by Crippen LogP contribution is -2.29. The van der Waals surface area contributed by atoms with Crippen LogP contribution in [0.4, 0.5) is 0 Å². The highest BCUT2D eigenvalue weighted by Gasteiger charge is 2.38. The minimum Gasteiger partial charge on any atom is -0.348 e. The van der Waals surface area contributed by atoms with E-state index < -0.39 is 0 Å². The molecular weight excluding hydrogens is 280 g/mol. The summed E-state index contributed by atoms with van der Waals surface area (Å²) < 4.78 is 13.2. The summed E-state index contributed by atoms with van der Waals surface area (Å²) in [6, 6.07) is 8.78. The Morgan fingerprint density at radius 1 is 1.10 bits per heavy atom. The molecule has 0 N–H and O–H groups in total. The van der Waals surface area contributed by atoms with E-state index in [-0.39, 0.29) is 5.79 Å². The second-order valence-corrected chi connectivity index (χ2v) is 7.28. The Morgan fingerprint density at radius 2 is 1.95 bits per heavy atom. The van der Waals surface area contributed by atoms with Gasteiger partial charge < -0.3 is 9.47 Å². The van der Waals surface area contributed by atoms with Crippen LogP contribution in [0.3, 0.4) is 0 Å². The Balaban J connectivity index is 1.47. The number of hydrogen-bond acceptors (Lipinski definition) is 3. The molecule has 1 aromatic carbocycles. The van der Waals surface area contributed by atoms with Crippen molar-refractivity contribution in [2.75, 3.05) is 13.2 Å². The van der Waals surface area contributed by atoms with Crippen LogP contribution < -0.4 is 0 Å². The van der Waals surface area contributed by atoms with Gasteiger partial charge in [0.2, 0.25) is 0 Å². The molecule has 1 saturated carbocycles. The van der Waals surface area contributed by atoms with E-state index in [4.69, 9.17) is 9.47 Å². The van der Waals surface area contributed by atoms with Crippen LogP contribution in [0, 0.1) is 5.92 Å². The van der Waals surface area contributed by atoms with Crippen molar-refractivity contribution in [3.05, 3.63) is 35.2 Å². The molecule has 112 valence electrons. The van der Waals surface area contributed by atoms with E-state index in [2.05, 4.69) is 29.6 Å². The van der Waals surface area contributed by atoms with Crippen LogP contribution in [0.2, 0.25) is 0 Å². The van der Waals surface area contributed by atoms with Gasteiger partial charge in [0.15, 0.2) is 5.79 Å². The summed E-state index contributed by atoms with van der Waals surface area (Å²) >= 11 is 1.88. The van der Waals surface area contributed by atoms with E-state index >= 15 is 0 Å². The van der Waals surface area contributed by atoms with Gasteiger partial charge in [-0.25, -0.2) is 0 Å². The van der Waals surface area contributed by atoms with E-state index in [9.17, 15) is 0 Å². The van der Waals surface area contributed by atoms with Gasteiger partial charge in [0.1, 0.15) is 0 Å². The Morgan fingerprint density at radius 3 is 2.86 bits per heavy atom. The number of rotatable bonds is 2. The molecule has 1 saturated heterocycles. The molecule has 2 nitrogen and oxygen atoms in total.